The van der Waals surface area contributed by atoms with Crippen molar-refractivity contribution < 1.29 is 39.9 Å². The van der Waals surface area contributed by atoms with Crippen molar-refractivity contribution in [1.82, 2.24) is 9.80 Å². The molecule has 2 fully saturated rings. The number of likely N-dealkylation sites (N-methyl/N-ethyl adjacent to an activating group) is 1. The van der Waals surface area contributed by atoms with Crippen molar-refractivity contribution >= 4 is 23.2 Å². The summed E-state index contributed by atoms with van der Waals surface area (Å²) in [6.45, 7) is 6.30. The van der Waals surface area contributed by atoms with E-state index in [4.69, 9.17) is 5.73 Å². The van der Waals surface area contributed by atoms with E-state index in [1.54, 1.807) is 19.1 Å². The van der Waals surface area contributed by atoms with Crippen LogP contribution in [0.15, 0.2) is 53.3 Å². The van der Waals surface area contributed by atoms with Crippen molar-refractivity contribution in [1.29, 1.82) is 0 Å². The number of aliphatic hydroxyl groups is 4. The van der Waals surface area contributed by atoms with E-state index in [2.05, 4.69) is 16.8 Å². The average molecular weight is 590 g/mol. The van der Waals surface area contributed by atoms with Gasteiger partial charge in [0.15, 0.2) is 11.4 Å². The lowest BCUT2D eigenvalue weighted by atomic mass is 9.55. The molecule has 11 nitrogen and oxygen atoms in total. The van der Waals surface area contributed by atoms with Gasteiger partial charge in [0.25, 0.3) is 5.91 Å². The number of piperazine rings is 1. The van der Waals surface area contributed by atoms with Gasteiger partial charge in [0.05, 0.1) is 11.7 Å². The number of hydrogen-bond acceptors (Lipinski definition) is 10. The molecular formula is C32H35N3O8. The fourth-order valence-corrected chi connectivity index (χ4v) is 7.33. The highest BCUT2D eigenvalue weighted by Crippen LogP contribution is 2.56. The van der Waals surface area contributed by atoms with Gasteiger partial charge in [0.2, 0.25) is 5.78 Å². The first kappa shape index (κ1) is 29.1. The molecular weight excluding hydrogens is 554 g/mol. The third-order valence-electron chi connectivity index (χ3n) is 9.74. The molecule has 2 aromatic carbocycles. The van der Waals surface area contributed by atoms with E-state index in [1.807, 2.05) is 24.3 Å². The number of ketones is 2. The number of rotatable bonds is 4. The van der Waals surface area contributed by atoms with E-state index in [0.29, 0.717) is 16.7 Å². The Kier molecular flexibility index (Phi) is 6.96. The molecule has 1 amide bonds. The highest BCUT2D eigenvalue weighted by molar-refractivity contribution is 6.23. The van der Waals surface area contributed by atoms with Crippen LogP contribution in [0.3, 0.4) is 0 Å². The zero-order valence-electron chi connectivity index (χ0n) is 23.9. The number of phenols is 1. The number of aromatic hydroxyl groups is 1. The summed E-state index contributed by atoms with van der Waals surface area (Å²) in [4.78, 5) is 43.1. The molecule has 5 atom stereocenters. The third-order valence-corrected chi connectivity index (χ3v) is 9.74. The fraction of sp³-hybridized carbons (Fsp3) is 0.406. The lowest BCUT2D eigenvalue weighted by Crippen LogP contribution is -2.63. The molecule has 6 rings (SSSR count). The molecule has 1 heterocycles. The highest BCUT2D eigenvalue weighted by atomic mass is 16.4. The smallest absolute Gasteiger partial charge is 0.255 e. The number of hydrogen-bond donors (Lipinski definition) is 6. The number of phenolic OH excluding ortho intramolecular Hbond substituents is 1. The number of nitrogens with two attached hydrogens (primary N) is 1. The summed E-state index contributed by atoms with van der Waals surface area (Å²) in [5, 5.41) is 56.8. The average Bonchev–Trinajstić information content (AvgIpc) is 2.96. The summed E-state index contributed by atoms with van der Waals surface area (Å²) in [5.41, 5.74) is 3.70. The van der Waals surface area contributed by atoms with E-state index in [0.717, 1.165) is 38.3 Å². The summed E-state index contributed by atoms with van der Waals surface area (Å²) in [6, 6.07) is 11.2. The number of nitrogens with zero attached hydrogens (tertiary/aromatic N) is 2. The van der Waals surface area contributed by atoms with Gasteiger partial charge in [-0.1, -0.05) is 37.3 Å². The molecule has 43 heavy (non-hydrogen) atoms. The minimum absolute atomic E-state index is 0.0196. The van der Waals surface area contributed by atoms with Crippen molar-refractivity contribution in [2.45, 2.75) is 37.5 Å². The van der Waals surface area contributed by atoms with Gasteiger partial charge in [0.1, 0.15) is 22.8 Å². The van der Waals surface area contributed by atoms with Gasteiger partial charge in [0, 0.05) is 62.1 Å². The largest absolute Gasteiger partial charge is 0.508 e. The second-order valence-electron chi connectivity index (χ2n) is 12.2. The van der Waals surface area contributed by atoms with Gasteiger partial charge in [-0.25, -0.2) is 0 Å². The SMILES string of the molecule is CC1c2ccc(-c3cccc(CN4CCN(C)CC4)c3)c(O)c2C(O)=C2C(=O)C3(O)C(O)=C(C(N)=O)C(=O)CC3C(O)C21. The van der Waals surface area contributed by atoms with Crippen molar-refractivity contribution in [3.63, 3.8) is 0 Å². The maximum Gasteiger partial charge on any atom is 0.255 e. The second-order valence-corrected chi connectivity index (χ2v) is 12.2. The van der Waals surface area contributed by atoms with Crippen molar-refractivity contribution in [2.24, 2.45) is 17.6 Å². The Labute approximate surface area is 248 Å². The molecule has 0 bridgehead atoms. The minimum atomic E-state index is -2.86. The lowest BCUT2D eigenvalue weighted by Gasteiger charge is -2.50. The number of amides is 1. The predicted octanol–water partition coefficient (Wildman–Crippen LogP) is 1.37. The van der Waals surface area contributed by atoms with Crippen LogP contribution in [0.5, 0.6) is 5.75 Å². The maximum absolute atomic E-state index is 13.9. The monoisotopic (exact) mass is 589 g/mol. The summed E-state index contributed by atoms with van der Waals surface area (Å²) >= 11 is 0. The van der Waals surface area contributed by atoms with Gasteiger partial charge in [-0.05, 0) is 35.7 Å². The Morgan fingerprint density at radius 3 is 2.44 bits per heavy atom. The first-order chi connectivity index (χ1) is 20.4. The molecule has 11 heteroatoms. The predicted molar refractivity (Wildman–Crippen MR) is 156 cm³/mol. The van der Waals surface area contributed by atoms with Crippen LogP contribution in [0.4, 0.5) is 0 Å². The number of carbonyl (C=O) groups is 3. The molecule has 0 radical (unpaired) electrons. The van der Waals surface area contributed by atoms with Gasteiger partial charge < -0.3 is 36.2 Å². The molecule has 5 unspecified atom stereocenters. The van der Waals surface area contributed by atoms with E-state index < -0.39 is 76.0 Å². The topological polar surface area (TPSA) is 185 Å². The first-order valence-electron chi connectivity index (χ1n) is 14.4. The molecule has 2 aromatic rings. The fourth-order valence-electron chi connectivity index (χ4n) is 7.33. The van der Waals surface area contributed by atoms with Crippen molar-refractivity contribution in [3.05, 3.63) is 70.0 Å². The number of Topliss-reactive ketones (excluding diaryl/α,β-unsaturated/α-hetero) is 2. The Morgan fingerprint density at radius 1 is 1.07 bits per heavy atom. The molecule has 1 saturated heterocycles. The van der Waals surface area contributed by atoms with Crippen LogP contribution in [-0.2, 0) is 20.9 Å². The van der Waals surface area contributed by atoms with E-state index >= 15 is 0 Å². The first-order valence-corrected chi connectivity index (χ1v) is 14.4. The van der Waals surface area contributed by atoms with Crippen molar-refractivity contribution in [2.75, 3.05) is 33.2 Å². The summed E-state index contributed by atoms with van der Waals surface area (Å²) < 4.78 is 0. The van der Waals surface area contributed by atoms with Crippen LogP contribution in [0, 0.1) is 11.8 Å². The normalized spacial score (nSPS) is 29.8. The number of benzene rings is 2. The van der Waals surface area contributed by atoms with Crippen LogP contribution in [0.25, 0.3) is 16.9 Å². The lowest BCUT2D eigenvalue weighted by molar-refractivity contribution is -0.160. The third kappa shape index (κ3) is 4.29. The Hall–Kier alpha value is -4.03. The van der Waals surface area contributed by atoms with Crippen molar-refractivity contribution in [3.8, 4) is 16.9 Å². The Bertz CT molecular complexity index is 1620. The standard InChI is InChI=1S/C32H35N3O8/c1-15-18-6-7-19(17-5-3-4-16(12-17)14-35-10-8-34(2)9-11-35)26(37)23(18)28(39)25-22(15)27(38)20-13-21(36)24(31(33)42)29(40)32(20,43)30(25)41/h3-7,12,15,20,22,27,37-40,43H,8-11,13-14H2,1-2H3,(H2,33,42). The summed E-state index contributed by atoms with van der Waals surface area (Å²) in [5.74, 6) is -8.71. The van der Waals surface area contributed by atoms with Crippen LogP contribution >= 0.6 is 0 Å². The number of fused-ring (bicyclic) bond motifs is 3. The Morgan fingerprint density at radius 2 is 1.77 bits per heavy atom. The summed E-state index contributed by atoms with van der Waals surface area (Å²) in [7, 11) is 2.10. The molecule has 1 saturated carbocycles. The molecule has 0 aromatic heterocycles. The van der Waals surface area contributed by atoms with Crippen LogP contribution in [0.1, 0.15) is 36.0 Å². The molecule has 7 N–H and O–H groups in total. The zero-order valence-corrected chi connectivity index (χ0v) is 23.9. The number of carbonyl (C=O) groups excluding carboxylic acids is 3. The minimum Gasteiger partial charge on any atom is -0.508 e. The molecule has 1 aliphatic heterocycles. The molecule has 0 spiro atoms. The van der Waals surface area contributed by atoms with Gasteiger partial charge in [-0.15, -0.1) is 0 Å². The Balaban J connectivity index is 1.43. The molecule has 3 aliphatic carbocycles. The van der Waals surface area contributed by atoms with Gasteiger partial charge in [-0.3, -0.25) is 19.3 Å². The van der Waals surface area contributed by atoms with E-state index in [9.17, 15) is 39.9 Å². The van der Waals surface area contributed by atoms with Crippen LogP contribution in [-0.4, -0.2) is 97.7 Å². The highest BCUT2D eigenvalue weighted by Gasteiger charge is 2.64. The van der Waals surface area contributed by atoms with E-state index in [-0.39, 0.29) is 11.3 Å². The zero-order chi connectivity index (χ0) is 31.0. The van der Waals surface area contributed by atoms with Crippen LogP contribution < -0.4 is 5.73 Å². The number of aliphatic hydroxyl groups excluding tert-OH is 3. The van der Waals surface area contributed by atoms with Gasteiger partial charge >= 0.3 is 0 Å². The van der Waals surface area contributed by atoms with E-state index in [1.165, 1.54) is 0 Å². The van der Waals surface area contributed by atoms with Gasteiger partial charge in [-0.2, -0.15) is 0 Å². The molecule has 226 valence electrons. The second kappa shape index (κ2) is 10.3. The number of primary amides is 1. The van der Waals surface area contributed by atoms with Crippen LogP contribution in [0.2, 0.25) is 0 Å². The summed E-state index contributed by atoms with van der Waals surface area (Å²) in [6.07, 6.45) is -2.17. The maximum atomic E-state index is 13.9. The molecule has 4 aliphatic rings. The quantitative estimate of drug-likeness (QED) is 0.285.